The highest BCUT2D eigenvalue weighted by molar-refractivity contribution is 7.92. The van der Waals surface area contributed by atoms with Crippen LogP contribution in [0.15, 0.2) is 0 Å². The molecule has 1 atom stereocenters. The summed E-state index contributed by atoms with van der Waals surface area (Å²) in [7, 11) is -2.88. The van der Waals surface area contributed by atoms with Crippen LogP contribution in [0.5, 0.6) is 0 Å². The summed E-state index contributed by atoms with van der Waals surface area (Å²) in [5, 5.41) is 3.22. The molecule has 0 aromatic heterocycles. The predicted molar refractivity (Wildman–Crippen MR) is 73.0 cm³/mol. The largest absolute Gasteiger partial charge is 0.313 e. The molecule has 0 amide bonds. The lowest BCUT2D eigenvalue weighted by Gasteiger charge is -2.17. The van der Waals surface area contributed by atoms with E-state index >= 15 is 0 Å². The molecule has 1 unspecified atom stereocenters. The average molecular weight is 261 g/mol. The van der Waals surface area contributed by atoms with Gasteiger partial charge in [-0.1, -0.05) is 32.6 Å². The first-order chi connectivity index (χ1) is 8.06. The molecular weight excluding hydrogens is 234 g/mol. The van der Waals surface area contributed by atoms with Gasteiger partial charge in [-0.3, -0.25) is 0 Å². The van der Waals surface area contributed by atoms with E-state index in [1.807, 2.05) is 6.92 Å². The van der Waals surface area contributed by atoms with Crippen molar-refractivity contribution in [2.24, 2.45) is 0 Å². The van der Waals surface area contributed by atoms with E-state index < -0.39 is 9.84 Å². The van der Waals surface area contributed by atoms with Gasteiger partial charge in [-0.05, 0) is 26.2 Å². The molecule has 102 valence electrons. The van der Waals surface area contributed by atoms with Crippen LogP contribution in [-0.4, -0.2) is 32.0 Å². The Labute approximate surface area is 106 Å². The van der Waals surface area contributed by atoms with Crippen molar-refractivity contribution in [3.05, 3.63) is 0 Å². The summed E-state index contributed by atoms with van der Waals surface area (Å²) in [6.45, 7) is 4.36. The minimum Gasteiger partial charge on any atom is -0.313 e. The Morgan fingerprint density at radius 3 is 2.29 bits per heavy atom. The molecule has 1 rings (SSSR count). The topological polar surface area (TPSA) is 46.2 Å². The van der Waals surface area contributed by atoms with Gasteiger partial charge < -0.3 is 5.32 Å². The molecule has 1 aliphatic carbocycles. The van der Waals surface area contributed by atoms with Crippen molar-refractivity contribution in [3.8, 4) is 0 Å². The molecule has 0 bridgehead atoms. The lowest BCUT2D eigenvalue weighted by atomic mass is 10.1. The van der Waals surface area contributed by atoms with Crippen LogP contribution in [0.4, 0.5) is 0 Å². The Morgan fingerprint density at radius 2 is 1.76 bits per heavy atom. The van der Waals surface area contributed by atoms with Crippen molar-refractivity contribution in [1.29, 1.82) is 0 Å². The van der Waals surface area contributed by atoms with Crippen molar-refractivity contribution in [2.75, 3.05) is 12.3 Å². The first-order valence-corrected chi connectivity index (χ1v) is 8.72. The summed E-state index contributed by atoms with van der Waals surface area (Å²) in [4.78, 5) is 0. The van der Waals surface area contributed by atoms with Crippen LogP contribution < -0.4 is 5.32 Å². The number of nitrogens with one attached hydrogen (secondary N) is 1. The van der Waals surface area contributed by atoms with E-state index in [1.165, 1.54) is 38.5 Å². The van der Waals surface area contributed by atoms with Crippen LogP contribution in [0.3, 0.4) is 0 Å². The number of sulfone groups is 1. The molecule has 17 heavy (non-hydrogen) atoms. The molecule has 4 heteroatoms. The molecule has 1 aliphatic rings. The quantitative estimate of drug-likeness (QED) is 0.747. The lowest BCUT2D eigenvalue weighted by molar-refractivity contribution is 0.470. The Morgan fingerprint density at radius 1 is 1.18 bits per heavy atom. The normalized spacial score (nSPS) is 21.1. The third kappa shape index (κ3) is 5.38. The fraction of sp³-hybridized carbons (Fsp3) is 1.00. The molecule has 0 heterocycles. The molecule has 1 fully saturated rings. The molecule has 0 aromatic rings. The summed E-state index contributed by atoms with van der Waals surface area (Å²) in [5.41, 5.74) is 0. The maximum absolute atomic E-state index is 11.8. The summed E-state index contributed by atoms with van der Waals surface area (Å²) in [6.07, 6.45) is 8.39. The molecule has 0 spiro atoms. The van der Waals surface area contributed by atoms with E-state index in [-0.39, 0.29) is 5.25 Å². The van der Waals surface area contributed by atoms with Gasteiger partial charge in [0, 0.05) is 12.6 Å². The monoisotopic (exact) mass is 261 g/mol. The van der Waals surface area contributed by atoms with Gasteiger partial charge in [0.15, 0.2) is 9.84 Å². The second-order valence-electron chi connectivity index (χ2n) is 5.23. The Bertz CT molecular complexity index is 293. The van der Waals surface area contributed by atoms with Crippen molar-refractivity contribution < 1.29 is 8.42 Å². The first kappa shape index (κ1) is 15.0. The van der Waals surface area contributed by atoms with Gasteiger partial charge in [-0.15, -0.1) is 0 Å². The molecular formula is C13H27NO2S. The van der Waals surface area contributed by atoms with Crippen LogP contribution in [0, 0.1) is 0 Å². The number of hydrogen-bond donors (Lipinski definition) is 1. The lowest BCUT2D eigenvalue weighted by Crippen LogP contribution is -2.34. The van der Waals surface area contributed by atoms with Crippen LogP contribution in [0.1, 0.15) is 58.8 Å². The zero-order valence-electron chi connectivity index (χ0n) is 11.2. The Balaban J connectivity index is 2.26. The highest BCUT2D eigenvalue weighted by Crippen LogP contribution is 2.17. The van der Waals surface area contributed by atoms with Gasteiger partial charge in [0.05, 0.1) is 11.0 Å². The zero-order valence-corrected chi connectivity index (χ0v) is 12.1. The van der Waals surface area contributed by atoms with E-state index in [1.54, 1.807) is 6.92 Å². The van der Waals surface area contributed by atoms with Gasteiger partial charge in [0.2, 0.25) is 0 Å². The molecule has 0 saturated heterocycles. The maximum Gasteiger partial charge on any atom is 0.154 e. The molecule has 1 saturated carbocycles. The Hall–Kier alpha value is -0.0900. The van der Waals surface area contributed by atoms with Crippen molar-refractivity contribution >= 4 is 9.84 Å². The summed E-state index contributed by atoms with van der Waals surface area (Å²) in [6, 6.07) is 0.546. The van der Waals surface area contributed by atoms with E-state index in [0.29, 0.717) is 24.8 Å². The van der Waals surface area contributed by atoms with E-state index in [0.717, 1.165) is 0 Å². The first-order valence-electron chi connectivity index (χ1n) is 7.01. The van der Waals surface area contributed by atoms with Crippen molar-refractivity contribution in [1.82, 2.24) is 5.32 Å². The second-order valence-corrected chi connectivity index (χ2v) is 7.77. The van der Waals surface area contributed by atoms with Gasteiger partial charge in [0.25, 0.3) is 0 Å². The van der Waals surface area contributed by atoms with Crippen LogP contribution in [0.2, 0.25) is 0 Å². The molecule has 0 aromatic carbocycles. The highest BCUT2D eigenvalue weighted by atomic mass is 32.2. The predicted octanol–water partition coefficient (Wildman–Crippen LogP) is 2.51. The summed E-state index contributed by atoms with van der Waals surface area (Å²) < 4.78 is 23.7. The van der Waals surface area contributed by atoms with E-state index in [4.69, 9.17) is 0 Å². The van der Waals surface area contributed by atoms with Gasteiger partial charge in [0.1, 0.15) is 0 Å². The van der Waals surface area contributed by atoms with Gasteiger partial charge >= 0.3 is 0 Å². The molecule has 1 N–H and O–H groups in total. The standard InChI is InChI=1S/C13H27NO2S/c1-3-12(2)17(15,16)11-10-14-13-8-6-4-5-7-9-13/h12-14H,3-11H2,1-2H3. The number of rotatable bonds is 6. The molecule has 0 aliphatic heterocycles. The summed E-state index contributed by atoms with van der Waals surface area (Å²) in [5.74, 6) is 0.290. The smallest absolute Gasteiger partial charge is 0.154 e. The Kier molecular flexibility index (Phi) is 6.49. The van der Waals surface area contributed by atoms with Crippen LogP contribution >= 0.6 is 0 Å². The fourth-order valence-corrected chi connectivity index (χ4v) is 3.66. The molecule has 0 radical (unpaired) electrons. The van der Waals surface area contributed by atoms with Crippen molar-refractivity contribution in [3.63, 3.8) is 0 Å². The minimum atomic E-state index is -2.88. The third-order valence-electron chi connectivity index (χ3n) is 3.86. The third-order valence-corrected chi connectivity index (χ3v) is 6.20. The van der Waals surface area contributed by atoms with Gasteiger partial charge in [-0.25, -0.2) is 8.42 Å². The van der Waals surface area contributed by atoms with Crippen LogP contribution in [0.25, 0.3) is 0 Å². The SMILES string of the molecule is CCC(C)S(=O)(=O)CCNC1CCCCCC1. The second kappa shape index (κ2) is 7.37. The average Bonchev–Trinajstić information content (AvgIpc) is 2.56. The van der Waals surface area contributed by atoms with Gasteiger partial charge in [-0.2, -0.15) is 0 Å². The summed E-state index contributed by atoms with van der Waals surface area (Å²) >= 11 is 0. The maximum atomic E-state index is 11.8. The number of hydrogen-bond acceptors (Lipinski definition) is 3. The van der Waals surface area contributed by atoms with Crippen LogP contribution in [-0.2, 0) is 9.84 Å². The van der Waals surface area contributed by atoms with E-state index in [2.05, 4.69) is 5.32 Å². The van der Waals surface area contributed by atoms with E-state index in [9.17, 15) is 8.42 Å². The zero-order chi connectivity index (χ0) is 12.7. The van der Waals surface area contributed by atoms with Crippen molar-refractivity contribution in [2.45, 2.75) is 70.1 Å². The minimum absolute atomic E-state index is 0.196. The molecule has 3 nitrogen and oxygen atoms in total. The fourth-order valence-electron chi connectivity index (χ4n) is 2.34. The highest BCUT2D eigenvalue weighted by Gasteiger charge is 2.19.